The number of aromatic carboxylic acids is 1. The van der Waals surface area contributed by atoms with Gasteiger partial charge >= 0.3 is 12.1 Å². The molecule has 0 saturated carbocycles. The lowest BCUT2D eigenvalue weighted by Gasteiger charge is -2.27. The van der Waals surface area contributed by atoms with E-state index < -0.39 is 24.7 Å². The molecule has 0 spiro atoms. The molecule has 19 heavy (non-hydrogen) atoms. The minimum Gasteiger partial charge on any atom is -0.478 e. The summed E-state index contributed by atoms with van der Waals surface area (Å²) in [6.45, 7) is 3.39. The van der Waals surface area contributed by atoms with Gasteiger partial charge in [0.25, 0.3) is 0 Å². The summed E-state index contributed by atoms with van der Waals surface area (Å²) in [5, 5.41) is 8.82. The molecule has 0 amide bonds. The van der Waals surface area contributed by atoms with Crippen molar-refractivity contribution in [2.24, 2.45) is 0 Å². The van der Waals surface area contributed by atoms with E-state index >= 15 is 0 Å². The van der Waals surface area contributed by atoms with E-state index in [4.69, 9.17) is 5.11 Å². The molecule has 0 bridgehead atoms. The van der Waals surface area contributed by atoms with Gasteiger partial charge in [0.05, 0.1) is 11.3 Å². The quantitative estimate of drug-likeness (QED) is 0.914. The Labute approximate surface area is 108 Å². The summed E-state index contributed by atoms with van der Waals surface area (Å²) < 4.78 is 37.4. The first-order chi connectivity index (χ1) is 8.61. The fourth-order valence-electron chi connectivity index (χ4n) is 1.48. The molecule has 1 N–H and O–H groups in total. The standard InChI is InChI=1S/C11H14F3N3O2/c1-6(2)17(5-11(12,13)14)10-15-4-8(9(18)19)7(3)16-10/h4,6H,5H2,1-3H3,(H,18,19). The van der Waals surface area contributed by atoms with Gasteiger partial charge in [-0.1, -0.05) is 0 Å². The summed E-state index contributed by atoms with van der Waals surface area (Å²) in [5.41, 5.74) is 0.00443. The molecule has 0 aliphatic heterocycles. The van der Waals surface area contributed by atoms with Crippen molar-refractivity contribution in [3.63, 3.8) is 0 Å². The molecule has 106 valence electrons. The molecule has 0 aliphatic rings. The van der Waals surface area contributed by atoms with E-state index in [1.54, 1.807) is 13.8 Å². The Morgan fingerprint density at radius 2 is 2.05 bits per heavy atom. The maximum atomic E-state index is 12.5. The van der Waals surface area contributed by atoms with Gasteiger partial charge in [-0.3, -0.25) is 0 Å². The third-order valence-electron chi connectivity index (χ3n) is 2.43. The molecule has 0 radical (unpaired) electrons. The maximum absolute atomic E-state index is 12.5. The van der Waals surface area contributed by atoms with Crippen molar-refractivity contribution in [3.05, 3.63) is 17.5 Å². The number of carbonyl (C=O) groups is 1. The van der Waals surface area contributed by atoms with Crippen LogP contribution in [0.2, 0.25) is 0 Å². The van der Waals surface area contributed by atoms with E-state index in [9.17, 15) is 18.0 Å². The van der Waals surface area contributed by atoms with Crippen molar-refractivity contribution in [3.8, 4) is 0 Å². The Hall–Kier alpha value is -1.86. The summed E-state index contributed by atoms with van der Waals surface area (Å²) >= 11 is 0. The average molecular weight is 277 g/mol. The van der Waals surface area contributed by atoms with Gasteiger partial charge in [0.15, 0.2) is 0 Å². The highest BCUT2D eigenvalue weighted by Gasteiger charge is 2.33. The number of anilines is 1. The Kier molecular flexibility index (Phi) is 4.33. The Morgan fingerprint density at radius 1 is 1.47 bits per heavy atom. The molecular formula is C11H14F3N3O2. The van der Waals surface area contributed by atoms with Crippen LogP contribution in [0.25, 0.3) is 0 Å². The van der Waals surface area contributed by atoms with Crippen molar-refractivity contribution in [1.82, 2.24) is 9.97 Å². The molecule has 1 rings (SSSR count). The predicted molar refractivity (Wildman–Crippen MR) is 62.3 cm³/mol. The van der Waals surface area contributed by atoms with Crippen LogP contribution in [0.15, 0.2) is 6.20 Å². The normalized spacial score (nSPS) is 11.7. The molecule has 0 aliphatic carbocycles. The van der Waals surface area contributed by atoms with Crippen LogP contribution >= 0.6 is 0 Å². The maximum Gasteiger partial charge on any atom is 0.406 e. The second-order valence-corrected chi connectivity index (χ2v) is 4.31. The lowest BCUT2D eigenvalue weighted by Crippen LogP contribution is -2.40. The fourth-order valence-corrected chi connectivity index (χ4v) is 1.48. The van der Waals surface area contributed by atoms with Gasteiger partial charge in [0.2, 0.25) is 5.95 Å². The van der Waals surface area contributed by atoms with E-state index in [2.05, 4.69) is 9.97 Å². The summed E-state index contributed by atoms with van der Waals surface area (Å²) in [6, 6.07) is -0.461. The van der Waals surface area contributed by atoms with Crippen LogP contribution in [0, 0.1) is 6.92 Å². The van der Waals surface area contributed by atoms with Crippen molar-refractivity contribution < 1.29 is 23.1 Å². The third kappa shape index (κ3) is 4.08. The molecule has 0 unspecified atom stereocenters. The number of hydrogen-bond donors (Lipinski definition) is 1. The summed E-state index contributed by atoms with van der Waals surface area (Å²) in [7, 11) is 0. The van der Waals surface area contributed by atoms with Crippen molar-refractivity contribution in [2.75, 3.05) is 11.4 Å². The number of rotatable bonds is 4. The number of nitrogens with zero attached hydrogens (tertiary/aromatic N) is 3. The minimum absolute atomic E-state index is 0.125. The molecule has 0 saturated heterocycles. The van der Waals surface area contributed by atoms with Crippen LogP contribution < -0.4 is 4.90 Å². The largest absolute Gasteiger partial charge is 0.478 e. The first kappa shape index (κ1) is 15.2. The van der Waals surface area contributed by atoms with Crippen molar-refractivity contribution in [1.29, 1.82) is 0 Å². The molecule has 0 fully saturated rings. The molecule has 0 atom stereocenters. The Morgan fingerprint density at radius 3 is 2.42 bits per heavy atom. The highest BCUT2D eigenvalue weighted by atomic mass is 19.4. The highest BCUT2D eigenvalue weighted by molar-refractivity contribution is 5.88. The van der Waals surface area contributed by atoms with Gasteiger partial charge in [-0.2, -0.15) is 13.2 Å². The zero-order chi connectivity index (χ0) is 14.8. The van der Waals surface area contributed by atoms with Gasteiger partial charge < -0.3 is 10.0 Å². The lowest BCUT2D eigenvalue weighted by molar-refractivity contribution is -0.120. The molecule has 5 nitrogen and oxygen atoms in total. The number of aromatic nitrogens is 2. The van der Waals surface area contributed by atoms with Crippen molar-refractivity contribution in [2.45, 2.75) is 33.0 Å². The smallest absolute Gasteiger partial charge is 0.406 e. The SMILES string of the molecule is Cc1nc(N(CC(F)(F)F)C(C)C)ncc1C(=O)O. The molecule has 8 heteroatoms. The van der Waals surface area contributed by atoms with Crippen LogP contribution in [0.5, 0.6) is 0 Å². The molecule has 1 aromatic heterocycles. The number of carboxylic acids is 1. The fraction of sp³-hybridized carbons (Fsp3) is 0.545. The van der Waals surface area contributed by atoms with Gasteiger partial charge in [-0.15, -0.1) is 0 Å². The second kappa shape index (κ2) is 5.41. The average Bonchev–Trinajstić information content (AvgIpc) is 2.23. The number of halogens is 3. The van der Waals surface area contributed by atoms with Crippen LogP contribution in [-0.2, 0) is 0 Å². The molecule has 0 aromatic carbocycles. The molecule has 1 heterocycles. The van der Waals surface area contributed by atoms with E-state index in [0.29, 0.717) is 0 Å². The highest BCUT2D eigenvalue weighted by Crippen LogP contribution is 2.22. The lowest BCUT2D eigenvalue weighted by atomic mass is 10.2. The summed E-state index contributed by atoms with van der Waals surface area (Å²) in [6.07, 6.45) is -3.36. The topological polar surface area (TPSA) is 66.3 Å². The second-order valence-electron chi connectivity index (χ2n) is 4.31. The predicted octanol–water partition coefficient (Wildman–Crippen LogP) is 2.26. The number of alkyl halides is 3. The first-order valence-corrected chi connectivity index (χ1v) is 5.52. The first-order valence-electron chi connectivity index (χ1n) is 5.52. The number of hydrogen-bond acceptors (Lipinski definition) is 4. The van der Waals surface area contributed by atoms with Crippen molar-refractivity contribution >= 4 is 11.9 Å². The third-order valence-corrected chi connectivity index (χ3v) is 2.43. The molecular weight excluding hydrogens is 263 g/mol. The molecule has 1 aromatic rings. The van der Waals surface area contributed by atoms with Gasteiger partial charge in [0, 0.05) is 12.2 Å². The summed E-state index contributed by atoms with van der Waals surface area (Å²) in [4.78, 5) is 19.3. The Bertz CT molecular complexity index is 475. The van der Waals surface area contributed by atoms with Crippen LogP contribution in [0.1, 0.15) is 29.9 Å². The van der Waals surface area contributed by atoms with Crippen LogP contribution in [-0.4, -0.2) is 39.8 Å². The Balaban J connectivity index is 3.11. The minimum atomic E-state index is -4.38. The van der Waals surface area contributed by atoms with E-state index in [-0.39, 0.29) is 17.2 Å². The zero-order valence-corrected chi connectivity index (χ0v) is 10.7. The van der Waals surface area contributed by atoms with Gasteiger partial charge in [0.1, 0.15) is 6.54 Å². The monoisotopic (exact) mass is 277 g/mol. The summed E-state index contributed by atoms with van der Waals surface area (Å²) in [5.74, 6) is -1.34. The van der Waals surface area contributed by atoms with Crippen LogP contribution in [0.3, 0.4) is 0 Å². The van der Waals surface area contributed by atoms with Gasteiger partial charge in [-0.25, -0.2) is 14.8 Å². The van der Waals surface area contributed by atoms with Crippen LogP contribution in [0.4, 0.5) is 19.1 Å². The number of carboxylic acid groups (broad SMARTS) is 1. The van der Waals surface area contributed by atoms with Gasteiger partial charge in [-0.05, 0) is 20.8 Å². The number of aryl methyl sites for hydroxylation is 1. The van der Waals surface area contributed by atoms with E-state index in [1.807, 2.05) is 0 Å². The zero-order valence-electron chi connectivity index (χ0n) is 10.7. The van der Waals surface area contributed by atoms with E-state index in [1.165, 1.54) is 6.92 Å². The van der Waals surface area contributed by atoms with E-state index in [0.717, 1.165) is 11.1 Å².